The van der Waals surface area contributed by atoms with Gasteiger partial charge in [0.2, 0.25) is 0 Å². The molecule has 0 saturated carbocycles. The maximum Gasteiger partial charge on any atom is 0.180 e. The van der Waals surface area contributed by atoms with E-state index in [1.807, 2.05) is 59.9 Å². The molecule has 0 unspecified atom stereocenters. The van der Waals surface area contributed by atoms with E-state index in [1.165, 1.54) is 0 Å². The van der Waals surface area contributed by atoms with Gasteiger partial charge in [0.1, 0.15) is 5.71 Å². The summed E-state index contributed by atoms with van der Waals surface area (Å²) in [6, 6.07) is 12.5. The van der Waals surface area contributed by atoms with Gasteiger partial charge in [0.15, 0.2) is 10.3 Å². The smallest absolute Gasteiger partial charge is 0.180 e. The highest BCUT2D eigenvalue weighted by atomic mass is 32.1. The zero-order valence-electron chi connectivity index (χ0n) is 18.9. The summed E-state index contributed by atoms with van der Waals surface area (Å²) in [4.78, 5) is 0. The molecule has 2 N–H and O–H groups in total. The predicted molar refractivity (Wildman–Crippen MR) is 140 cm³/mol. The molecule has 1 aromatic carbocycles. The minimum Gasteiger partial charge on any atom is -0.364 e. The van der Waals surface area contributed by atoms with Crippen LogP contribution in [-0.2, 0) is 7.05 Å². The van der Waals surface area contributed by atoms with Crippen LogP contribution >= 0.6 is 25.3 Å². The number of nitrogens with zero attached hydrogens (tertiary/aromatic N) is 5. The van der Waals surface area contributed by atoms with Gasteiger partial charge in [-0.1, -0.05) is 30.3 Å². The number of hydrogen-bond donors (Lipinski definition) is 4. The van der Waals surface area contributed by atoms with E-state index in [2.05, 4.69) is 79.1 Å². The molecule has 0 fully saturated rings. The van der Waals surface area contributed by atoms with Crippen molar-refractivity contribution in [3.05, 3.63) is 47.7 Å². The fourth-order valence-electron chi connectivity index (χ4n) is 2.89. The Balaban J connectivity index is 2.58. The van der Waals surface area contributed by atoms with Crippen molar-refractivity contribution in [1.29, 1.82) is 0 Å². The lowest BCUT2D eigenvalue weighted by atomic mass is 10.1. The summed E-state index contributed by atoms with van der Waals surface area (Å²) in [5.41, 5.74) is 5.41. The summed E-state index contributed by atoms with van der Waals surface area (Å²) in [5.74, 6) is 0. The maximum atomic E-state index is 4.49. The molecule has 2 aromatic rings. The van der Waals surface area contributed by atoms with Gasteiger partial charge in [-0.05, 0) is 46.2 Å². The van der Waals surface area contributed by atoms with Gasteiger partial charge < -0.3 is 15.2 Å². The Bertz CT molecular complexity index is 1000. The topological polar surface area (TPSA) is 78.4 Å². The van der Waals surface area contributed by atoms with Gasteiger partial charge >= 0.3 is 0 Å². The SMILES string of the molecule is CCN/C(S)=N/N=C(C)/C(=N/N=C(\S)NC(C)C)c1cc(-c2ccccc2)n(C)c1C. The van der Waals surface area contributed by atoms with E-state index in [1.54, 1.807) is 0 Å². The lowest BCUT2D eigenvalue weighted by Gasteiger charge is -2.08. The molecule has 31 heavy (non-hydrogen) atoms. The van der Waals surface area contributed by atoms with Crippen molar-refractivity contribution in [3.8, 4) is 11.3 Å². The summed E-state index contributed by atoms with van der Waals surface area (Å²) >= 11 is 8.67. The molecule has 0 aliphatic carbocycles. The third kappa shape index (κ3) is 7.00. The molecular weight excluding hydrogens is 426 g/mol. The molecule has 166 valence electrons. The van der Waals surface area contributed by atoms with Crippen LogP contribution in [0.1, 0.15) is 39.0 Å². The normalized spacial score (nSPS) is 13.7. The van der Waals surface area contributed by atoms with Gasteiger partial charge in [0, 0.05) is 36.6 Å². The summed E-state index contributed by atoms with van der Waals surface area (Å²) < 4.78 is 2.14. The van der Waals surface area contributed by atoms with Gasteiger partial charge in [-0.25, -0.2) is 0 Å². The highest BCUT2D eigenvalue weighted by Gasteiger charge is 2.18. The van der Waals surface area contributed by atoms with E-state index < -0.39 is 0 Å². The first-order valence-electron chi connectivity index (χ1n) is 10.1. The third-order valence-electron chi connectivity index (χ3n) is 4.49. The molecule has 1 heterocycles. The largest absolute Gasteiger partial charge is 0.364 e. The quantitative estimate of drug-likeness (QED) is 0.217. The van der Waals surface area contributed by atoms with Crippen molar-refractivity contribution in [2.24, 2.45) is 27.5 Å². The standard InChI is InChI=1S/C22H31N7S2/c1-7-23-21(30)27-25-15(4)20(26-28-22(31)24-14(2)3)18-13-19(29(6)16(18)5)17-11-9-8-10-12-17/h8-14H,7H2,1-6H3,(H2,23,27,30)(H2,24,28,31)/b25-15+,26-20-. The van der Waals surface area contributed by atoms with E-state index >= 15 is 0 Å². The van der Waals surface area contributed by atoms with Crippen LogP contribution < -0.4 is 10.6 Å². The van der Waals surface area contributed by atoms with Crippen molar-refractivity contribution in [2.75, 3.05) is 6.54 Å². The van der Waals surface area contributed by atoms with Crippen molar-refractivity contribution < 1.29 is 0 Å². The number of amidine groups is 2. The first kappa shape index (κ1) is 24.7. The molecule has 7 nitrogen and oxygen atoms in total. The van der Waals surface area contributed by atoms with Crippen LogP contribution in [0.15, 0.2) is 56.8 Å². The van der Waals surface area contributed by atoms with Crippen molar-refractivity contribution in [3.63, 3.8) is 0 Å². The maximum absolute atomic E-state index is 4.49. The van der Waals surface area contributed by atoms with Crippen LogP contribution in [0, 0.1) is 6.92 Å². The predicted octanol–water partition coefficient (Wildman–Crippen LogP) is 4.26. The van der Waals surface area contributed by atoms with Gasteiger partial charge in [0.25, 0.3) is 0 Å². The fourth-order valence-corrected chi connectivity index (χ4v) is 3.40. The molecule has 0 amide bonds. The Morgan fingerprint density at radius 1 is 1.03 bits per heavy atom. The molecule has 0 aliphatic rings. The van der Waals surface area contributed by atoms with Crippen LogP contribution in [0.25, 0.3) is 11.3 Å². The molecule has 0 spiro atoms. The number of nitrogens with one attached hydrogen (secondary N) is 2. The zero-order valence-corrected chi connectivity index (χ0v) is 20.7. The molecule has 1 aromatic heterocycles. The van der Waals surface area contributed by atoms with Crippen molar-refractivity contribution in [1.82, 2.24) is 15.2 Å². The lowest BCUT2D eigenvalue weighted by molar-refractivity contribution is 0.738. The highest BCUT2D eigenvalue weighted by Crippen LogP contribution is 2.25. The second-order valence-corrected chi connectivity index (χ2v) is 8.11. The number of thiol groups is 2. The Morgan fingerprint density at radius 2 is 1.68 bits per heavy atom. The Morgan fingerprint density at radius 3 is 2.29 bits per heavy atom. The van der Waals surface area contributed by atoms with E-state index in [0.717, 1.165) is 22.5 Å². The average molecular weight is 458 g/mol. The highest BCUT2D eigenvalue weighted by molar-refractivity contribution is 7.97. The fraction of sp³-hybridized carbons (Fsp3) is 0.364. The van der Waals surface area contributed by atoms with E-state index in [0.29, 0.717) is 28.3 Å². The van der Waals surface area contributed by atoms with Gasteiger partial charge in [0.05, 0.1) is 5.71 Å². The zero-order chi connectivity index (χ0) is 23.0. The molecule has 9 heteroatoms. The number of hydrogen-bond acceptors (Lipinski definition) is 4. The second-order valence-electron chi connectivity index (χ2n) is 7.26. The van der Waals surface area contributed by atoms with E-state index in [9.17, 15) is 0 Å². The van der Waals surface area contributed by atoms with Crippen molar-refractivity contribution >= 4 is 47.0 Å². The van der Waals surface area contributed by atoms with Crippen LogP contribution in [0.2, 0.25) is 0 Å². The molecule has 0 radical (unpaired) electrons. The summed E-state index contributed by atoms with van der Waals surface area (Å²) in [5, 5.41) is 24.2. The van der Waals surface area contributed by atoms with Crippen LogP contribution in [0.3, 0.4) is 0 Å². The van der Waals surface area contributed by atoms with Crippen LogP contribution in [-0.4, -0.2) is 38.9 Å². The number of aromatic nitrogens is 1. The third-order valence-corrected chi connectivity index (χ3v) is 4.96. The summed E-state index contributed by atoms with van der Waals surface area (Å²) in [7, 11) is 2.04. The number of benzene rings is 1. The van der Waals surface area contributed by atoms with Gasteiger partial charge in [-0.2, -0.15) is 5.10 Å². The minimum atomic E-state index is 0.198. The van der Waals surface area contributed by atoms with Crippen LogP contribution in [0.4, 0.5) is 0 Å². The lowest BCUT2D eigenvalue weighted by Crippen LogP contribution is -2.26. The summed E-state index contributed by atoms with van der Waals surface area (Å²) in [6.45, 7) is 10.6. The Labute approximate surface area is 195 Å². The molecule has 0 atom stereocenters. The van der Waals surface area contributed by atoms with Crippen LogP contribution in [0.5, 0.6) is 0 Å². The van der Waals surface area contributed by atoms with E-state index in [4.69, 9.17) is 0 Å². The average Bonchev–Trinajstić information content (AvgIpc) is 3.02. The minimum absolute atomic E-state index is 0.198. The first-order valence-corrected chi connectivity index (χ1v) is 11.0. The molecule has 0 saturated heterocycles. The van der Waals surface area contributed by atoms with Gasteiger partial charge in [-0.15, -0.1) is 40.6 Å². The summed E-state index contributed by atoms with van der Waals surface area (Å²) in [6.07, 6.45) is 0. The molecule has 2 rings (SSSR count). The van der Waals surface area contributed by atoms with E-state index in [-0.39, 0.29) is 6.04 Å². The molecule has 0 bridgehead atoms. The Hall–Kier alpha value is -2.52. The molecule has 0 aliphatic heterocycles. The van der Waals surface area contributed by atoms with Crippen molar-refractivity contribution in [2.45, 2.75) is 40.7 Å². The molecular formula is C22H31N7S2. The monoisotopic (exact) mass is 457 g/mol. The van der Waals surface area contributed by atoms with Gasteiger partial charge in [-0.3, -0.25) is 0 Å². The Kier molecular flexibility index (Phi) is 9.39. The second kappa shape index (κ2) is 11.8. The number of rotatable bonds is 7. The first-order chi connectivity index (χ1) is 14.7.